The lowest BCUT2D eigenvalue weighted by atomic mass is 9.93. The predicted molar refractivity (Wildman–Crippen MR) is 134 cm³/mol. The van der Waals surface area contributed by atoms with Gasteiger partial charge in [0.15, 0.2) is 0 Å². The third-order valence-electron chi connectivity index (χ3n) is 5.93. The van der Waals surface area contributed by atoms with Gasteiger partial charge in [0.05, 0.1) is 6.10 Å². The van der Waals surface area contributed by atoms with Gasteiger partial charge in [-0.1, -0.05) is 101 Å². The van der Waals surface area contributed by atoms with Crippen LogP contribution in [0, 0.1) is 11.8 Å². The lowest BCUT2D eigenvalue weighted by molar-refractivity contribution is -0.107. The number of aldehydes is 1. The van der Waals surface area contributed by atoms with E-state index in [9.17, 15) is 4.79 Å². The Morgan fingerprint density at radius 3 is 1.91 bits per heavy atom. The van der Waals surface area contributed by atoms with Crippen LogP contribution in [-0.4, -0.2) is 41.2 Å². The second-order valence-electron chi connectivity index (χ2n) is 9.37. The minimum absolute atomic E-state index is 0.0492. The fourth-order valence-corrected chi connectivity index (χ4v) is 9.09. The van der Waals surface area contributed by atoms with E-state index in [1.165, 1.54) is 16.4 Å². The molecule has 2 rings (SSSR count). The fraction of sp³-hybridized carbons (Fsp3) is 0.444. The summed E-state index contributed by atoms with van der Waals surface area (Å²) < 4.78 is 18.3. The summed E-state index contributed by atoms with van der Waals surface area (Å²) in [5, 5.41) is 2.43. The van der Waals surface area contributed by atoms with Gasteiger partial charge < -0.3 is 13.9 Å². The summed E-state index contributed by atoms with van der Waals surface area (Å²) in [5.74, 6) is 0.145. The Bertz CT molecular complexity index is 790. The maximum Gasteiger partial charge on any atom is 0.261 e. The smallest absolute Gasteiger partial charge is 0.261 e. The molecule has 0 radical (unpaired) electrons. The number of carbonyl (C=O) groups is 1. The molecule has 32 heavy (non-hydrogen) atoms. The molecule has 0 aromatic heterocycles. The van der Waals surface area contributed by atoms with E-state index in [4.69, 9.17) is 13.9 Å². The monoisotopic (exact) mass is 454 g/mol. The quantitative estimate of drug-likeness (QED) is 0.204. The average Bonchev–Trinajstić information content (AvgIpc) is 2.79. The molecule has 0 amide bonds. The minimum Gasteiger partial charge on any atom is -0.407 e. The first-order valence-corrected chi connectivity index (χ1v) is 13.2. The Balaban J connectivity index is 2.43. The third kappa shape index (κ3) is 6.26. The van der Waals surface area contributed by atoms with Crippen molar-refractivity contribution in [3.8, 4) is 0 Å². The molecule has 2 aromatic carbocycles. The summed E-state index contributed by atoms with van der Waals surface area (Å²) in [7, 11) is -0.993. The highest BCUT2D eigenvalue weighted by Crippen LogP contribution is 2.37. The molecule has 2 aromatic rings. The predicted octanol–water partition coefficient (Wildman–Crippen LogP) is 4.58. The first-order chi connectivity index (χ1) is 15.3. The van der Waals surface area contributed by atoms with Gasteiger partial charge in [-0.25, -0.2) is 0 Å². The van der Waals surface area contributed by atoms with Crippen molar-refractivity contribution in [2.45, 2.75) is 45.8 Å². The summed E-state index contributed by atoms with van der Waals surface area (Å²) in [4.78, 5) is 10.8. The zero-order chi connectivity index (χ0) is 23.6. The van der Waals surface area contributed by atoms with Crippen LogP contribution in [0.25, 0.3) is 0 Å². The average molecular weight is 455 g/mol. The van der Waals surface area contributed by atoms with Crippen molar-refractivity contribution in [3.05, 3.63) is 72.8 Å². The summed E-state index contributed by atoms with van der Waals surface area (Å²) in [6.45, 7) is 11.8. The second-order valence-corrected chi connectivity index (χ2v) is 13.7. The number of hydrogen-bond donors (Lipinski definition) is 0. The standard InChI is InChI=1S/C27H38O4Si/c1-22(14-13-19-28)26(30-21-29-6)23(2)20-31-32(27(3,4)5,24-15-9-7-10-16-24)25-17-11-8-12-18-25/h7-19,22-23,26H,20-21H2,1-6H3/b14-13-/t22-,23-,26-/m0/s1. The van der Waals surface area contributed by atoms with Gasteiger partial charge in [0.1, 0.15) is 13.1 Å². The van der Waals surface area contributed by atoms with E-state index in [1.54, 1.807) is 7.11 Å². The summed E-state index contributed by atoms with van der Waals surface area (Å²) >= 11 is 0. The Kier molecular flexibility index (Phi) is 10.0. The normalized spacial score (nSPS) is 15.4. The van der Waals surface area contributed by atoms with E-state index >= 15 is 0 Å². The fourth-order valence-electron chi connectivity index (χ4n) is 4.42. The van der Waals surface area contributed by atoms with Gasteiger partial charge >= 0.3 is 0 Å². The lowest BCUT2D eigenvalue weighted by Crippen LogP contribution is -2.67. The van der Waals surface area contributed by atoms with Crippen molar-refractivity contribution in [2.75, 3.05) is 20.5 Å². The molecule has 0 aliphatic carbocycles. The van der Waals surface area contributed by atoms with Gasteiger partial charge in [0.2, 0.25) is 0 Å². The van der Waals surface area contributed by atoms with E-state index in [0.29, 0.717) is 6.61 Å². The molecular weight excluding hydrogens is 416 g/mol. The SMILES string of the molecule is COCO[C@@H]([C@@H](C)/C=C\C=O)[C@@H](C)CO[Si](c1ccccc1)(c1ccccc1)C(C)(C)C. The number of ether oxygens (including phenoxy) is 2. The van der Waals surface area contributed by atoms with E-state index < -0.39 is 8.32 Å². The van der Waals surface area contributed by atoms with E-state index in [1.807, 2.05) is 6.08 Å². The molecule has 0 aliphatic rings. The number of rotatable bonds is 12. The zero-order valence-electron chi connectivity index (χ0n) is 20.3. The first kappa shape index (κ1) is 26.2. The van der Waals surface area contributed by atoms with Gasteiger partial charge in [-0.2, -0.15) is 0 Å². The Hall–Kier alpha value is -2.05. The molecule has 0 saturated heterocycles. The highest BCUT2D eigenvalue weighted by atomic mass is 28.4. The molecule has 5 heteroatoms. The van der Waals surface area contributed by atoms with Crippen LogP contribution in [0.15, 0.2) is 72.8 Å². The Labute approximate surface area is 194 Å². The first-order valence-electron chi connectivity index (χ1n) is 11.3. The van der Waals surface area contributed by atoms with E-state index in [-0.39, 0.29) is 29.8 Å². The molecule has 0 aliphatic heterocycles. The number of hydrogen-bond acceptors (Lipinski definition) is 4. The maximum absolute atomic E-state index is 10.8. The van der Waals surface area contributed by atoms with Crippen LogP contribution in [0.4, 0.5) is 0 Å². The third-order valence-corrected chi connectivity index (χ3v) is 10.9. The van der Waals surface area contributed by atoms with Gasteiger partial charge in [0, 0.05) is 25.6 Å². The Morgan fingerprint density at radius 2 is 1.47 bits per heavy atom. The molecule has 0 heterocycles. The molecule has 3 atom stereocenters. The van der Waals surface area contributed by atoms with Crippen LogP contribution in [0.1, 0.15) is 34.6 Å². The molecule has 174 valence electrons. The lowest BCUT2D eigenvalue weighted by Gasteiger charge is -2.44. The van der Waals surface area contributed by atoms with Gasteiger partial charge in [0.25, 0.3) is 8.32 Å². The Morgan fingerprint density at radius 1 is 0.938 bits per heavy atom. The maximum atomic E-state index is 10.8. The number of methoxy groups -OCH3 is 1. The summed E-state index contributed by atoms with van der Waals surface area (Å²) in [6.07, 6.45) is 4.08. The van der Waals surface area contributed by atoms with Gasteiger partial charge in [-0.05, 0) is 21.5 Å². The van der Waals surface area contributed by atoms with Crippen LogP contribution in [0.2, 0.25) is 5.04 Å². The van der Waals surface area contributed by atoms with Crippen LogP contribution in [0.3, 0.4) is 0 Å². The topological polar surface area (TPSA) is 44.8 Å². The van der Waals surface area contributed by atoms with Crippen LogP contribution < -0.4 is 10.4 Å². The number of allylic oxidation sites excluding steroid dienone is 1. The van der Waals surface area contributed by atoms with E-state index in [0.717, 1.165) is 6.29 Å². The number of benzene rings is 2. The van der Waals surface area contributed by atoms with Crippen LogP contribution >= 0.6 is 0 Å². The van der Waals surface area contributed by atoms with Crippen molar-refractivity contribution in [2.24, 2.45) is 11.8 Å². The molecule has 0 unspecified atom stereocenters. The summed E-state index contributed by atoms with van der Waals surface area (Å²) in [5.41, 5.74) is 0. The minimum atomic E-state index is -2.61. The van der Waals surface area contributed by atoms with Crippen molar-refractivity contribution in [3.63, 3.8) is 0 Å². The van der Waals surface area contributed by atoms with Crippen molar-refractivity contribution < 1.29 is 18.7 Å². The number of carbonyl (C=O) groups excluding carboxylic acids is 1. The zero-order valence-corrected chi connectivity index (χ0v) is 21.3. The summed E-state index contributed by atoms with van der Waals surface area (Å²) in [6, 6.07) is 21.3. The molecular formula is C27H38O4Si. The second kappa shape index (κ2) is 12.3. The van der Waals surface area contributed by atoms with Crippen LogP contribution in [-0.2, 0) is 18.7 Å². The van der Waals surface area contributed by atoms with Crippen molar-refractivity contribution in [1.82, 2.24) is 0 Å². The molecule has 0 spiro atoms. The van der Waals surface area contributed by atoms with Crippen molar-refractivity contribution in [1.29, 1.82) is 0 Å². The molecule has 0 N–H and O–H groups in total. The molecule has 4 nitrogen and oxygen atoms in total. The van der Waals surface area contributed by atoms with Crippen LogP contribution in [0.5, 0.6) is 0 Å². The molecule has 0 fully saturated rings. The molecule has 0 saturated carbocycles. The van der Waals surface area contributed by atoms with Crippen molar-refractivity contribution >= 4 is 25.0 Å². The van der Waals surface area contributed by atoms with E-state index in [2.05, 4.69) is 95.3 Å². The van der Waals surface area contributed by atoms with Gasteiger partial charge in [-0.15, -0.1) is 0 Å². The van der Waals surface area contributed by atoms with Gasteiger partial charge in [-0.3, -0.25) is 4.79 Å². The molecule has 0 bridgehead atoms. The highest BCUT2D eigenvalue weighted by molar-refractivity contribution is 6.99. The highest BCUT2D eigenvalue weighted by Gasteiger charge is 2.50. The largest absolute Gasteiger partial charge is 0.407 e.